The molecule has 0 radical (unpaired) electrons. The van der Waals surface area contributed by atoms with Crippen LogP contribution in [0.2, 0.25) is 0 Å². The molecule has 0 aromatic heterocycles. The smallest absolute Gasteiger partial charge is 0.104 e. The highest BCUT2D eigenvalue weighted by atomic mass is 32.2. The maximum absolute atomic E-state index is 5.07. The number of unbranched alkanes of at least 4 members (excludes halogenated alkanes) is 2. The maximum atomic E-state index is 5.07. The Morgan fingerprint density at radius 2 is 1.88 bits per heavy atom. The van der Waals surface area contributed by atoms with E-state index in [9.17, 15) is 0 Å². The third-order valence-electron chi connectivity index (χ3n) is 2.81. The predicted octanol–water partition coefficient (Wildman–Crippen LogP) is 4.89. The van der Waals surface area contributed by atoms with Crippen molar-refractivity contribution in [3.8, 4) is 0 Å². The second-order valence-electron chi connectivity index (χ2n) is 4.54. The van der Waals surface area contributed by atoms with Crippen LogP contribution in [-0.4, -0.2) is 27.2 Å². The lowest BCUT2D eigenvalue weighted by atomic mass is 10.2. The van der Waals surface area contributed by atoms with E-state index >= 15 is 0 Å². The molecule has 0 saturated carbocycles. The monoisotopic (exact) mass is 292 g/mol. The van der Waals surface area contributed by atoms with Crippen LogP contribution in [0.4, 0.5) is 0 Å². The molecule has 2 heterocycles. The zero-order chi connectivity index (χ0) is 12.5. The van der Waals surface area contributed by atoms with Crippen molar-refractivity contribution in [1.82, 2.24) is 0 Å². The molecule has 0 aliphatic carbocycles. The standard InChI is InChI=1S/C7H12S3.C6H12O/c1-2-3-4-6-5-9-7(8)10-6;1-2-3-4-6-5-7-6/h6H,2-5H2,1H3;6H,2-5H2,1H3. The highest BCUT2D eigenvalue weighted by Gasteiger charge is 2.20. The van der Waals surface area contributed by atoms with Gasteiger partial charge in [0.2, 0.25) is 0 Å². The maximum Gasteiger partial charge on any atom is 0.104 e. The number of thioether (sulfide) groups is 2. The molecule has 2 rings (SSSR count). The van der Waals surface area contributed by atoms with Crippen molar-refractivity contribution >= 4 is 39.3 Å². The number of epoxide rings is 1. The van der Waals surface area contributed by atoms with Gasteiger partial charge < -0.3 is 4.74 Å². The summed E-state index contributed by atoms with van der Waals surface area (Å²) in [6.45, 7) is 5.48. The average molecular weight is 293 g/mol. The number of hydrogen-bond acceptors (Lipinski definition) is 4. The van der Waals surface area contributed by atoms with Crippen molar-refractivity contribution in [3.63, 3.8) is 0 Å². The molecule has 2 saturated heterocycles. The summed E-state index contributed by atoms with van der Waals surface area (Å²) in [4.78, 5) is 0. The van der Waals surface area contributed by atoms with Crippen LogP contribution < -0.4 is 0 Å². The van der Waals surface area contributed by atoms with Crippen molar-refractivity contribution in [1.29, 1.82) is 0 Å². The summed E-state index contributed by atoms with van der Waals surface area (Å²) in [6.07, 6.45) is 8.62. The minimum atomic E-state index is 0.653. The fraction of sp³-hybridized carbons (Fsp3) is 0.923. The van der Waals surface area contributed by atoms with Gasteiger partial charge in [-0.1, -0.05) is 51.7 Å². The molecule has 2 aliphatic rings. The van der Waals surface area contributed by atoms with E-state index in [0.29, 0.717) is 6.10 Å². The van der Waals surface area contributed by atoms with Crippen LogP contribution in [0.15, 0.2) is 0 Å². The quantitative estimate of drug-likeness (QED) is 0.510. The normalized spacial score (nSPS) is 26.6. The summed E-state index contributed by atoms with van der Waals surface area (Å²) in [5, 5.41) is 0.831. The van der Waals surface area contributed by atoms with Gasteiger partial charge in [0.1, 0.15) is 3.53 Å². The molecule has 0 N–H and O–H groups in total. The van der Waals surface area contributed by atoms with Crippen LogP contribution in [-0.2, 0) is 4.74 Å². The van der Waals surface area contributed by atoms with Crippen molar-refractivity contribution in [2.75, 3.05) is 12.4 Å². The van der Waals surface area contributed by atoms with Gasteiger partial charge in [-0.2, -0.15) is 0 Å². The zero-order valence-corrected chi connectivity index (χ0v) is 13.4. The van der Waals surface area contributed by atoms with Gasteiger partial charge in [-0.25, -0.2) is 0 Å². The summed E-state index contributed by atoms with van der Waals surface area (Å²) < 4.78 is 6.16. The van der Waals surface area contributed by atoms with Crippen LogP contribution in [0.1, 0.15) is 52.4 Å². The molecule has 2 unspecified atom stereocenters. The van der Waals surface area contributed by atoms with Crippen LogP contribution in [0.3, 0.4) is 0 Å². The molecular formula is C13H24OS3. The summed E-state index contributed by atoms with van der Waals surface area (Å²) >= 11 is 8.82. The second-order valence-corrected chi connectivity index (χ2v) is 8.07. The summed E-state index contributed by atoms with van der Waals surface area (Å²) in [7, 11) is 0. The lowest BCUT2D eigenvalue weighted by molar-refractivity contribution is 0.391. The van der Waals surface area contributed by atoms with Crippen LogP contribution in [0.25, 0.3) is 0 Å². The number of ether oxygens (including phenoxy) is 1. The third kappa shape index (κ3) is 8.46. The topological polar surface area (TPSA) is 12.5 Å². The largest absolute Gasteiger partial charge is 0.373 e. The SMILES string of the molecule is CCCCC1CO1.CCCCC1CSC(=S)S1. The highest BCUT2D eigenvalue weighted by Crippen LogP contribution is 2.35. The fourth-order valence-electron chi connectivity index (χ4n) is 1.61. The van der Waals surface area contributed by atoms with E-state index in [1.54, 1.807) is 0 Å². The average Bonchev–Trinajstić information content (AvgIpc) is 3.07. The van der Waals surface area contributed by atoms with Crippen LogP contribution in [0, 0.1) is 0 Å². The molecule has 2 fully saturated rings. The van der Waals surface area contributed by atoms with Gasteiger partial charge in [0.15, 0.2) is 0 Å². The Morgan fingerprint density at radius 1 is 1.24 bits per heavy atom. The molecule has 17 heavy (non-hydrogen) atoms. The van der Waals surface area contributed by atoms with E-state index in [2.05, 4.69) is 13.8 Å². The molecule has 2 atom stereocenters. The lowest BCUT2D eigenvalue weighted by Gasteiger charge is -2.03. The van der Waals surface area contributed by atoms with Gasteiger partial charge in [-0.05, 0) is 12.8 Å². The lowest BCUT2D eigenvalue weighted by Crippen LogP contribution is -1.99. The van der Waals surface area contributed by atoms with Crippen LogP contribution >= 0.6 is 35.7 Å². The molecule has 0 aromatic rings. The van der Waals surface area contributed by atoms with E-state index in [1.807, 2.05) is 23.5 Å². The van der Waals surface area contributed by atoms with Gasteiger partial charge in [0.05, 0.1) is 12.7 Å². The molecule has 0 aromatic carbocycles. The highest BCUT2D eigenvalue weighted by molar-refractivity contribution is 8.49. The Morgan fingerprint density at radius 3 is 2.35 bits per heavy atom. The number of thiocarbonyl (C=S) groups is 1. The van der Waals surface area contributed by atoms with E-state index in [-0.39, 0.29) is 0 Å². The molecule has 100 valence electrons. The Bertz CT molecular complexity index is 217. The second kappa shape index (κ2) is 9.65. The Hall–Kier alpha value is 0.750. The van der Waals surface area contributed by atoms with E-state index in [1.165, 1.54) is 44.3 Å². The van der Waals surface area contributed by atoms with Crippen molar-refractivity contribution < 1.29 is 4.74 Å². The third-order valence-corrected chi connectivity index (χ3v) is 6.04. The molecule has 0 amide bonds. The first-order valence-corrected chi connectivity index (χ1v) is 8.98. The molecular weight excluding hydrogens is 268 g/mol. The minimum absolute atomic E-state index is 0.653. The minimum Gasteiger partial charge on any atom is -0.373 e. The first kappa shape index (κ1) is 15.8. The molecule has 0 bridgehead atoms. The summed E-state index contributed by atoms with van der Waals surface area (Å²) in [5.41, 5.74) is 0. The Balaban J connectivity index is 0.000000181. The Kier molecular flexibility index (Phi) is 8.97. The van der Waals surface area contributed by atoms with Crippen molar-refractivity contribution in [2.45, 2.75) is 63.7 Å². The zero-order valence-electron chi connectivity index (χ0n) is 10.9. The predicted molar refractivity (Wildman–Crippen MR) is 85.2 cm³/mol. The molecule has 1 nitrogen and oxygen atoms in total. The summed E-state index contributed by atoms with van der Waals surface area (Å²) in [6, 6.07) is 0. The van der Waals surface area contributed by atoms with E-state index in [0.717, 1.165) is 15.4 Å². The first-order valence-electron chi connectivity index (χ1n) is 6.71. The van der Waals surface area contributed by atoms with Crippen LogP contribution in [0.5, 0.6) is 0 Å². The summed E-state index contributed by atoms with van der Waals surface area (Å²) in [5.74, 6) is 1.25. The van der Waals surface area contributed by atoms with Gasteiger partial charge in [-0.3, -0.25) is 0 Å². The van der Waals surface area contributed by atoms with Crippen molar-refractivity contribution in [3.05, 3.63) is 0 Å². The van der Waals surface area contributed by atoms with Crippen molar-refractivity contribution in [2.24, 2.45) is 0 Å². The first-order chi connectivity index (χ1) is 8.26. The van der Waals surface area contributed by atoms with Gasteiger partial charge in [-0.15, -0.1) is 23.5 Å². The fourth-order valence-corrected chi connectivity index (χ4v) is 4.62. The molecule has 0 spiro atoms. The van der Waals surface area contributed by atoms with E-state index in [4.69, 9.17) is 17.0 Å². The number of hydrogen-bond donors (Lipinski definition) is 0. The van der Waals surface area contributed by atoms with Gasteiger partial charge in [0, 0.05) is 11.0 Å². The molecule has 2 aliphatic heterocycles. The van der Waals surface area contributed by atoms with Gasteiger partial charge in [0.25, 0.3) is 0 Å². The Labute approximate surface area is 120 Å². The number of rotatable bonds is 6. The van der Waals surface area contributed by atoms with E-state index < -0.39 is 0 Å². The molecule has 4 heteroatoms. The van der Waals surface area contributed by atoms with Gasteiger partial charge >= 0.3 is 0 Å².